The number of hydrogen-bond acceptors (Lipinski definition) is 7. The maximum atomic E-state index is 14.0. The lowest BCUT2D eigenvalue weighted by molar-refractivity contribution is -0.140. The van der Waals surface area contributed by atoms with E-state index in [9.17, 15) is 14.0 Å². The number of methoxy groups -OCH3 is 2. The molecule has 0 spiro atoms. The minimum absolute atomic E-state index is 0.0570. The molecule has 9 nitrogen and oxygen atoms in total. The Hall–Kier alpha value is -4.77. The van der Waals surface area contributed by atoms with Gasteiger partial charge in [0.1, 0.15) is 35.4 Å². The van der Waals surface area contributed by atoms with Crippen molar-refractivity contribution in [2.75, 3.05) is 19.5 Å². The number of thiophene rings is 1. The van der Waals surface area contributed by atoms with Crippen LogP contribution in [-0.4, -0.2) is 45.9 Å². The standard InChI is InChI=1S/C29H26FN5O4S/c1-38-21-13-14-23(25(16-21)39-2)31-29(37)28(26-8-5-15-40-26)34(17-19-9-11-20(30)12-10-19)27(36)18-35-24-7-4-3-6-22(24)32-33-35/h3-16,28H,17-18H2,1-2H3,(H,31,37)/t28-/m0/s1. The minimum atomic E-state index is -1.00. The Bertz CT molecular complexity index is 1620. The van der Waals surface area contributed by atoms with Gasteiger partial charge in [-0.3, -0.25) is 9.59 Å². The van der Waals surface area contributed by atoms with Gasteiger partial charge in [0, 0.05) is 17.5 Å². The first-order valence-electron chi connectivity index (χ1n) is 12.3. The van der Waals surface area contributed by atoms with Crippen LogP contribution in [0, 0.1) is 5.82 Å². The number of ether oxygens (including phenoxy) is 2. The summed E-state index contributed by atoms with van der Waals surface area (Å²) in [5.41, 5.74) is 2.43. The summed E-state index contributed by atoms with van der Waals surface area (Å²) in [6.07, 6.45) is 0. The van der Waals surface area contributed by atoms with Crippen LogP contribution in [0.4, 0.5) is 10.1 Å². The Labute approximate surface area is 233 Å². The predicted molar refractivity (Wildman–Crippen MR) is 150 cm³/mol. The number of hydrogen-bond donors (Lipinski definition) is 1. The van der Waals surface area contributed by atoms with Gasteiger partial charge in [-0.2, -0.15) is 0 Å². The number of amides is 2. The van der Waals surface area contributed by atoms with Gasteiger partial charge in [-0.1, -0.05) is 35.5 Å². The van der Waals surface area contributed by atoms with Gasteiger partial charge in [0.05, 0.1) is 25.4 Å². The normalized spacial score (nSPS) is 11.7. The van der Waals surface area contributed by atoms with Gasteiger partial charge in [0.25, 0.3) is 5.91 Å². The summed E-state index contributed by atoms with van der Waals surface area (Å²) in [6.45, 7) is -0.0931. The van der Waals surface area contributed by atoms with Crippen molar-refractivity contribution in [3.63, 3.8) is 0 Å². The maximum absolute atomic E-state index is 14.0. The summed E-state index contributed by atoms with van der Waals surface area (Å²) in [5, 5.41) is 13.1. The molecule has 11 heteroatoms. The van der Waals surface area contributed by atoms with E-state index in [1.54, 1.807) is 36.4 Å². The average Bonchev–Trinajstić information content (AvgIpc) is 3.65. The third kappa shape index (κ3) is 5.79. The molecule has 40 heavy (non-hydrogen) atoms. The number of halogens is 1. The second-order valence-electron chi connectivity index (χ2n) is 8.86. The van der Waals surface area contributed by atoms with E-state index in [-0.39, 0.29) is 19.0 Å². The summed E-state index contributed by atoms with van der Waals surface area (Å²) in [5.74, 6) is -0.226. The molecule has 2 heterocycles. The van der Waals surface area contributed by atoms with Crippen LogP contribution in [0.2, 0.25) is 0 Å². The van der Waals surface area contributed by atoms with E-state index >= 15 is 0 Å². The lowest BCUT2D eigenvalue weighted by Gasteiger charge is -2.31. The van der Waals surface area contributed by atoms with Crippen molar-refractivity contribution < 1.29 is 23.5 Å². The number of aromatic nitrogens is 3. The Morgan fingerprint density at radius 2 is 1.82 bits per heavy atom. The molecule has 5 aromatic rings. The van der Waals surface area contributed by atoms with Crippen LogP contribution in [0.25, 0.3) is 11.0 Å². The zero-order chi connectivity index (χ0) is 28.1. The Morgan fingerprint density at radius 3 is 2.55 bits per heavy atom. The quantitative estimate of drug-likeness (QED) is 0.257. The molecule has 3 aromatic carbocycles. The molecule has 0 aliphatic heterocycles. The molecule has 204 valence electrons. The number of carbonyl (C=O) groups excluding carboxylic acids is 2. The van der Waals surface area contributed by atoms with Crippen LogP contribution < -0.4 is 14.8 Å². The second-order valence-corrected chi connectivity index (χ2v) is 9.84. The molecule has 0 unspecified atom stereocenters. The number of para-hydroxylation sites is 1. The average molecular weight is 560 g/mol. The smallest absolute Gasteiger partial charge is 0.252 e. The van der Waals surface area contributed by atoms with Gasteiger partial charge in [-0.15, -0.1) is 16.4 Å². The summed E-state index contributed by atoms with van der Waals surface area (Å²) in [6, 6.07) is 20.8. The van der Waals surface area contributed by atoms with Gasteiger partial charge in [0.2, 0.25) is 5.91 Å². The predicted octanol–water partition coefficient (Wildman–Crippen LogP) is 5.06. The number of fused-ring (bicyclic) bond motifs is 1. The topological polar surface area (TPSA) is 98.6 Å². The molecule has 0 saturated carbocycles. The van der Waals surface area contributed by atoms with E-state index in [2.05, 4.69) is 15.6 Å². The SMILES string of the molecule is COc1ccc(NC(=O)[C@H](c2cccs2)N(Cc2ccc(F)cc2)C(=O)Cn2nnc3ccccc32)c(OC)c1. The molecule has 0 saturated heterocycles. The third-order valence-corrected chi connectivity index (χ3v) is 7.26. The van der Waals surface area contributed by atoms with Crippen LogP contribution in [-0.2, 0) is 22.7 Å². The lowest BCUT2D eigenvalue weighted by atomic mass is 10.1. The Balaban J connectivity index is 1.52. The first-order valence-corrected chi connectivity index (χ1v) is 13.2. The molecular weight excluding hydrogens is 533 g/mol. The molecule has 0 aliphatic rings. The minimum Gasteiger partial charge on any atom is -0.497 e. The molecule has 1 N–H and O–H groups in total. The van der Waals surface area contributed by atoms with Crippen molar-refractivity contribution >= 4 is 39.9 Å². The molecule has 1 atom stereocenters. The summed E-state index contributed by atoms with van der Waals surface area (Å²) < 4.78 is 25.9. The number of carbonyl (C=O) groups is 2. The number of benzene rings is 3. The van der Waals surface area contributed by atoms with Gasteiger partial charge in [0.15, 0.2) is 0 Å². The maximum Gasteiger partial charge on any atom is 0.252 e. The van der Waals surface area contributed by atoms with Gasteiger partial charge in [-0.25, -0.2) is 9.07 Å². The molecule has 0 radical (unpaired) electrons. The van der Waals surface area contributed by atoms with Crippen molar-refractivity contribution in [1.82, 2.24) is 19.9 Å². The zero-order valence-corrected chi connectivity index (χ0v) is 22.6. The Morgan fingerprint density at radius 1 is 1.02 bits per heavy atom. The van der Waals surface area contributed by atoms with Crippen LogP contribution in [0.5, 0.6) is 11.5 Å². The molecule has 0 bridgehead atoms. The summed E-state index contributed by atoms with van der Waals surface area (Å²) in [4.78, 5) is 30.1. The van der Waals surface area contributed by atoms with Crippen LogP contribution in [0.3, 0.4) is 0 Å². The summed E-state index contributed by atoms with van der Waals surface area (Å²) >= 11 is 1.35. The van der Waals surface area contributed by atoms with Crippen LogP contribution in [0.1, 0.15) is 16.5 Å². The molecule has 0 fully saturated rings. The van der Waals surface area contributed by atoms with Crippen molar-refractivity contribution in [2.24, 2.45) is 0 Å². The number of anilines is 1. The van der Waals surface area contributed by atoms with E-state index in [4.69, 9.17) is 9.47 Å². The van der Waals surface area contributed by atoms with Crippen molar-refractivity contribution in [2.45, 2.75) is 19.1 Å². The number of nitrogens with one attached hydrogen (secondary N) is 1. The van der Waals surface area contributed by atoms with E-state index in [1.807, 2.05) is 35.7 Å². The molecule has 2 aromatic heterocycles. The fraction of sp³-hybridized carbons (Fsp3) is 0.172. The molecule has 5 rings (SSSR count). The first-order chi connectivity index (χ1) is 19.5. The first kappa shape index (κ1) is 26.8. The molecular formula is C29H26FN5O4S. The van der Waals surface area contributed by atoms with Crippen molar-refractivity contribution in [1.29, 1.82) is 0 Å². The highest BCUT2D eigenvalue weighted by Crippen LogP contribution is 2.33. The number of nitrogens with zero attached hydrogens (tertiary/aromatic N) is 4. The number of rotatable bonds is 10. The fourth-order valence-electron chi connectivity index (χ4n) is 4.34. The highest BCUT2D eigenvalue weighted by molar-refractivity contribution is 7.10. The van der Waals surface area contributed by atoms with Gasteiger partial charge in [-0.05, 0) is 53.4 Å². The second kappa shape index (κ2) is 12.0. The fourth-order valence-corrected chi connectivity index (χ4v) is 5.17. The van der Waals surface area contributed by atoms with Gasteiger partial charge < -0.3 is 19.7 Å². The van der Waals surface area contributed by atoms with E-state index in [1.165, 1.54) is 47.3 Å². The van der Waals surface area contributed by atoms with E-state index in [0.717, 1.165) is 0 Å². The third-order valence-electron chi connectivity index (χ3n) is 6.33. The van der Waals surface area contributed by atoms with E-state index in [0.29, 0.717) is 38.7 Å². The largest absolute Gasteiger partial charge is 0.497 e. The highest BCUT2D eigenvalue weighted by atomic mass is 32.1. The molecule has 2 amide bonds. The van der Waals surface area contributed by atoms with Crippen molar-refractivity contribution in [3.05, 3.63) is 101 Å². The Kier molecular flexibility index (Phi) is 8.02. The van der Waals surface area contributed by atoms with Crippen LogP contribution >= 0.6 is 11.3 Å². The van der Waals surface area contributed by atoms with E-state index < -0.39 is 17.8 Å². The highest BCUT2D eigenvalue weighted by Gasteiger charge is 2.33. The zero-order valence-electron chi connectivity index (χ0n) is 21.8. The van der Waals surface area contributed by atoms with Crippen LogP contribution in [0.15, 0.2) is 84.2 Å². The van der Waals surface area contributed by atoms with Gasteiger partial charge >= 0.3 is 0 Å². The summed E-state index contributed by atoms with van der Waals surface area (Å²) in [7, 11) is 3.03. The monoisotopic (exact) mass is 559 g/mol. The van der Waals surface area contributed by atoms with Crippen molar-refractivity contribution in [3.8, 4) is 11.5 Å². The molecule has 0 aliphatic carbocycles. The lowest BCUT2D eigenvalue weighted by Crippen LogP contribution is -2.42.